The van der Waals surface area contributed by atoms with E-state index in [-0.39, 0.29) is 56.5 Å². The molecule has 4 aliphatic carbocycles. The first-order chi connectivity index (χ1) is 19.3. The number of aliphatic hydroxyl groups is 1. The third-order valence-electron chi connectivity index (χ3n) is 9.71. The fraction of sp³-hybridized carbons (Fsp3) is 0.750. The van der Waals surface area contributed by atoms with Crippen LogP contribution in [-0.2, 0) is 33.4 Å². The van der Waals surface area contributed by atoms with Crippen molar-refractivity contribution in [2.24, 2.45) is 34.5 Å². The molecule has 0 bridgehead atoms. The third kappa shape index (κ3) is 5.55. The molecule has 0 spiro atoms. The van der Waals surface area contributed by atoms with Crippen molar-refractivity contribution in [3.63, 3.8) is 0 Å². The predicted molar refractivity (Wildman–Crippen MR) is 137 cm³/mol. The molecule has 3 saturated carbocycles. The number of nitrogens with zero attached hydrogens (tertiary/aromatic N) is 1. The SMILES string of the molecule is C[C@@H]1CC2C3C[C@H](F)C4=CC(=O)C=CC4(C)[C@@]3(F)C(O)CC2(C)C1C(=O)COC(=O)COCCOCCO[N+](=O)[O-]. The second kappa shape index (κ2) is 11.8. The summed E-state index contributed by atoms with van der Waals surface area (Å²) in [5.41, 5.74) is -4.50. The second-order valence-corrected chi connectivity index (χ2v) is 12.0. The van der Waals surface area contributed by atoms with E-state index < -0.39 is 76.6 Å². The average molecular weight is 586 g/mol. The zero-order chi connectivity index (χ0) is 30.2. The van der Waals surface area contributed by atoms with E-state index in [0.717, 1.165) is 6.08 Å². The topological polar surface area (TPSA) is 152 Å². The molecule has 4 aliphatic rings. The van der Waals surface area contributed by atoms with Crippen molar-refractivity contribution in [1.29, 1.82) is 0 Å². The molecule has 4 rings (SSSR count). The van der Waals surface area contributed by atoms with E-state index in [1.54, 1.807) is 0 Å². The number of aliphatic hydroxyl groups excluding tert-OH is 1. The van der Waals surface area contributed by atoms with E-state index in [4.69, 9.17) is 14.2 Å². The number of Topliss-reactive ketones (excluding diaryl/α,β-unsaturated/α-hetero) is 1. The first-order valence-corrected chi connectivity index (χ1v) is 13.8. The van der Waals surface area contributed by atoms with Crippen LogP contribution in [0.4, 0.5) is 8.78 Å². The number of hydrogen-bond acceptors (Lipinski definition) is 10. The summed E-state index contributed by atoms with van der Waals surface area (Å²) in [6.07, 6.45) is 0.925. The summed E-state index contributed by atoms with van der Waals surface area (Å²) in [5.74, 6) is -3.68. The Morgan fingerprint density at radius 3 is 2.51 bits per heavy atom. The fourth-order valence-electron chi connectivity index (χ4n) is 8.09. The van der Waals surface area contributed by atoms with Gasteiger partial charge in [-0.25, -0.2) is 13.6 Å². The van der Waals surface area contributed by atoms with Crippen LogP contribution in [0.5, 0.6) is 0 Å². The summed E-state index contributed by atoms with van der Waals surface area (Å²) in [5, 5.41) is 20.5. The summed E-state index contributed by atoms with van der Waals surface area (Å²) in [6.45, 7) is 4.09. The van der Waals surface area contributed by atoms with Crippen molar-refractivity contribution in [2.45, 2.75) is 58.0 Å². The molecule has 41 heavy (non-hydrogen) atoms. The van der Waals surface area contributed by atoms with E-state index in [0.29, 0.717) is 6.42 Å². The lowest BCUT2D eigenvalue weighted by Crippen LogP contribution is -2.68. The molecule has 0 heterocycles. The van der Waals surface area contributed by atoms with Gasteiger partial charge in [0.25, 0.3) is 5.09 Å². The van der Waals surface area contributed by atoms with Gasteiger partial charge in [-0.2, -0.15) is 0 Å². The highest BCUT2D eigenvalue weighted by Crippen LogP contribution is 2.70. The lowest BCUT2D eigenvalue weighted by molar-refractivity contribution is -0.758. The molecule has 228 valence electrons. The molecule has 3 fully saturated rings. The van der Waals surface area contributed by atoms with E-state index in [1.807, 2.05) is 13.8 Å². The predicted octanol–water partition coefficient (Wildman–Crippen LogP) is 2.52. The molecule has 11 nitrogen and oxygen atoms in total. The van der Waals surface area contributed by atoms with Gasteiger partial charge in [0.15, 0.2) is 17.2 Å². The number of carbonyl (C=O) groups excluding carboxylic acids is 3. The largest absolute Gasteiger partial charge is 0.456 e. The number of hydrogen-bond donors (Lipinski definition) is 1. The van der Waals surface area contributed by atoms with E-state index >= 15 is 8.78 Å². The molecule has 0 aromatic rings. The Balaban J connectivity index is 1.36. The molecule has 0 saturated heterocycles. The van der Waals surface area contributed by atoms with Crippen molar-refractivity contribution in [1.82, 2.24) is 0 Å². The molecule has 13 heteroatoms. The molecule has 1 N–H and O–H groups in total. The Morgan fingerprint density at radius 1 is 1.12 bits per heavy atom. The maximum Gasteiger partial charge on any atom is 0.332 e. The lowest BCUT2D eigenvalue weighted by atomic mass is 9.45. The zero-order valence-electron chi connectivity index (χ0n) is 23.4. The highest BCUT2D eigenvalue weighted by atomic mass is 19.1. The minimum atomic E-state index is -2.21. The number of ether oxygens (including phenoxy) is 3. The number of halogens is 2. The van der Waals surface area contributed by atoms with Crippen LogP contribution < -0.4 is 0 Å². The average Bonchev–Trinajstić information content (AvgIpc) is 3.16. The van der Waals surface area contributed by atoms with Gasteiger partial charge < -0.3 is 24.2 Å². The van der Waals surface area contributed by atoms with Crippen LogP contribution in [-0.4, -0.2) is 85.3 Å². The minimum absolute atomic E-state index is 0.0138. The van der Waals surface area contributed by atoms with Gasteiger partial charge in [-0.15, -0.1) is 10.1 Å². The van der Waals surface area contributed by atoms with Gasteiger partial charge in [-0.1, -0.05) is 19.9 Å². The Bertz CT molecular complexity index is 1130. The third-order valence-corrected chi connectivity index (χ3v) is 9.71. The van der Waals surface area contributed by atoms with E-state index in [9.17, 15) is 29.6 Å². The molecule has 9 atom stereocenters. The number of esters is 1. The monoisotopic (exact) mass is 585 g/mol. The number of carbonyl (C=O) groups is 3. The Kier molecular flexibility index (Phi) is 9.01. The van der Waals surface area contributed by atoms with Gasteiger partial charge in [0.1, 0.15) is 26.0 Å². The van der Waals surface area contributed by atoms with Crippen molar-refractivity contribution >= 4 is 17.5 Å². The van der Waals surface area contributed by atoms with Crippen LogP contribution in [0, 0.1) is 44.6 Å². The summed E-state index contributed by atoms with van der Waals surface area (Å²) in [7, 11) is 0. The molecule has 0 aliphatic heterocycles. The van der Waals surface area contributed by atoms with Gasteiger partial charge in [0, 0.05) is 17.3 Å². The molecule has 0 aromatic carbocycles. The van der Waals surface area contributed by atoms with Crippen molar-refractivity contribution in [3.05, 3.63) is 33.9 Å². The number of fused-ring (bicyclic) bond motifs is 5. The van der Waals surface area contributed by atoms with E-state index in [2.05, 4.69) is 4.84 Å². The van der Waals surface area contributed by atoms with E-state index in [1.165, 1.54) is 19.1 Å². The highest BCUT2D eigenvalue weighted by Gasteiger charge is 2.73. The van der Waals surface area contributed by atoms with Crippen LogP contribution in [0.2, 0.25) is 0 Å². The highest BCUT2D eigenvalue weighted by molar-refractivity contribution is 6.01. The Hall–Kier alpha value is -2.77. The molecular weight excluding hydrogens is 548 g/mol. The van der Waals surface area contributed by atoms with Gasteiger partial charge >= 0.3 is 5.97 Å². The van der Waals surface area contributed by atoms with Crippen LogP contribution in [0.15, 0.2) is 23.8 Å². The van der Waals surface area contributed by atoms with Gasteiger partial charge in [-0.3, -0.25) is 9.59 Å². The number of alkyl halides is 2. The van der Waals surface area contributed by atoms with Crippen molar-refractivity contribution in [3.8, 4) is 0 Å². The second-order valence-electron chi connectivity index (χ2n) is 12.0. The number of allylic oxidation sites excluding steroid dienone is 4. The van der Waals surface area contributed by atoms with Crippen LogP contribution in [0.3, 0.4) is 0 Å². The lowest BCUT2D eigenvalue weighted by Gasteiger charge is -2.62. The minimum Gasteiger partial charge on any atom is -0.456 e. The standard InChI is InChI=1S/C28H37F2NO10/c1-16-10-18-19-12-21(29)20-11-17(32)4-5-27(20,3)28(19,30)23(34)13-26(18,2)25(16)22(33)14-40-24(35)15-39-7-6-38-8-9-41-31(36)37/h4-5,11,16,18-19,21,23,25,34H,6-10,12-15H2,1-3H3/t16-,18?,19?,21+,23?,25?,26?,27?,28+/m1/s1. The zero-order valence-corrected chi connectivity index (χ0v) is 23.4. The summed E-state index contributed by atoms with van der Waals surface area (Å²) in [6, 6.07) is 0. The van der Waals surface area contributed by atoms with Crippen LogP contribution in [0.25, 0.3) is 0 Å². The molecule has 0 radical (unpaired) electrons. The summed E-state index contributed by atoms with van der Waals surface area (Å²) < 4.78 is 48.0. The van der Waals surface area contributed by atoms with Crippen LogP contribution >= 0.6 is 0 Å². The van der Waals surface area contributed by atoms with Crippen LogP contribution in [0.1, 0.15) is 40.0 Å². The van der Waals surface area contributed by atoms with Gasteiger partial charge in [0.2, 0.25) is 0 Å². The number of rotatable bonds is 12. The summed E-state index contributed by atoms with van der Waals surface area (Å²) >= 11 is 0. The number of ketones is 2. The molecular formula is C28H37F2NO10. The first kappa shape index (κ1) is 31.2. The van der Waals surface area contributed by atoms with Crippen molar-refractivity contribution < 1.29 is 52.4 Å². The van der Waals surface area contributed by atoms with Gasteiger partial charge in [-0.05, 0) is 61.2 Å². The summed E-state index contributed by atoms with van der Waals surface area (Å²) in [4.78, 5) is 51.6. The fourth-order valence-corrected chi connectivity index (χ4v) is 8.09. The smallest absolute Gasteiger partial charge is 0.332 e. The maximum absolute atomic E-state index is 17.2. The van der Waals surface area contributed by atoms with Crippen molar-refractivity contribution in [2.75, 3.05) is 39.6 Å². The molecule has 6 unspecified atom stereocenters. The maximum atomic E-state index is 17.2. The molecule has 0 amide bonds. The Morgan fingerprint density at radius 2 is 1.80 bits per heavy atom. The first-order valence-electron chi connectivity index (χ1n) is 13.8. The van der Waals surface area contributed by atoms with Gasteiger partial charge in [0.05, 0.1) is 25.9 Å². The Labute approximate surface area is 236 Å². The molecule has 0 aromatic heterocycles. The quantitative estimate of drug-likeness (QED) is 0.157. The normalized spacial score (nSPS) is 39.3.